The number of ether oxygens (including phenoxy) is 2. The van der Waals surface area contributed by atoms with Crippen LogP contribution >= 0.6 is 0 Å². The van der Waals surface area contributed by atoms with Crippen molar-refractivity contribution in [1.29, 1.82) is 0 Å². The fourth-order valence-electron chi connectivity index (χ4n) is 3.18. The summed E-state index contributed by atoms with van der Waals surface area (Å²) in [6.07, 6.45) is 0. The smallest absolute Gasteiger partial charge is 0.241 e. The van der Waals surface area contributed by atoms with Gasteiger partial charge in [0.1, 0.15) is 13.2 Å². The van der Waals surface area contributed by atoms with E-state index < -0.39 is 10.0 Å². The zero-order valence-corrected chi connectivity index (χ0v) is 15.1. The molecule has 0 unspecified atom stereocenters. The number of rotatable bonds is 4. The highest BCUT2D eigenvalue weighted by Gasteiger charge is 2.22. The van der Waals surface area contributed by atoms with E-state index in [9.17, 15) is 8.42 Å². The average Bonchev–Trinajstić information content (AvgIpc) is 2.66. The molecule has 0 radical (unpaired) electrons. The summed E-state index contributed by atoms with van der Waals surface area (Å²) in [6, 6.07) is 18.1. The van der Waals surface area contributed by atoms with Gasteiger partial charge in [0.2, 0.25) is 10.0 Å². The predicted octanol–water partition coefficient (Wildman–Crippen LogP) is 3.65. The minimum absolute atomic E-state index is 0.161. The lowest BCUT2D eigenvalue weighted by Crippen LogP contribution is -2.27. The Morgan fingerprint density at radius 2 is 1.65 bits per heavy atom. The SMILES string of the molecule is C[C@H](NS(=O)(=O)c1ccc2c(c1)OCCO2)c1cccc2ccccc12. The highest BCUT2D eigenvalue weighted by atomic mass is 32.2. The van der Waals surface area contributed by atoms with Crippen LogP contribution < -0.4 is 14.2 Å². The number of benzene rings is 3. The second kappa shape index (κ2) is 6.63. The lowest BCUT2D eigenvalue weighted by atomic mass is 10.0. The van der Waals surface area contributed by atoms with Crippen molar-refractivity contribution in [3.8, 4) is 11.5 Å². The zero-order chi connectivity index (χ0) is 18.1. The Morgan fingerprint density at radius 1 is 0.923 bits per heavy atom. The van der Waals surface area contributed by atoms with Gasteiger partial charge in [0.15, 0.2) is 11.5 Å². The molecule has 3 aromatic carbocycles. The predicted molar refractivity (Wildman–Crippen MR) is 100 cm³/mol. The van der Waals surface area contributed by atoms with Crippen molar-refractivity contribution in [1.82, 2.24) is 4.72 Å². The normalized spacial score (nSPS) is 15.0. The van der Waals surface area contributed by atoms with Gasteiger partial charge < -0.3 is 9.47 Å². The molecular weight excluding hydrogens is 350 g/mol. The van der Waals surface area contributed by atoms with Gasteiger partial charge in [-0.05, 0) is 35.4 Å². The molecule has 4 rings (SSSR count). The van der Waals surface area contributed by atoms with Gasteiger partial charge in [-0.1, -0.05) is 42.5 Å². The van der Waals surface area contributed by atoms with E-state index >= 15 is 0 Å². The molecule has 1 aliphatic rings. The maximum Gasteiger partial charge on any atom is 0.241 e. The van der Waals surface area contributed by atoms with Crippen LogP contribution in [0.4, 0.5) is 0 Å². The molecule has 1 aliphatic heterocycles. The minimum Gasteiger partial charge on any atom is -0.486 e. The standard InChI is InChI=1S/C20H19NO4S/c1-14(17-8-4-6-15-5-2-3-7-18(15)17)21-26(22,23)16-9-10-19-20(13-16)25-12-11-24-19/h2-10,13-14,21H,11-12H2,1H3/t14-/m0/s1. The second-order valence-corrected chi connectivity index (χ2v) is 7.93. The number of sulfonamides is 1. The molecule has 1 N–H and O–H groups in total. The summed E-state index contributed by atoms with van der Waals surface area (Å²) >= 11 is 0. The van der Waals surface area contributed by atoms with Crippen molar-refractivity contribution in [2.75, 3.05) is 13.2 Å². The number of fused-ring (bicyclic) bond motifs is 2. The zero-order valence-electron chi connectivity index (χ0n) is 14.3. The summed E-state index contributed by atoms with van der Waals surface area (Å²) in [7, 11) is -3.70. The van der Waals surface area contributed by atoms with E-state index in [1.165, 1.54) is 12.1 Å². The molecule has 0 bridgehead atoms. The summed E-state index contributed by atoms with van der Waals surface area (Å²) < 4.78 is 39.4. The van der Waals surface area contributed by atoms with E-state index in [2.05, 4.69) is 4.72 Å². The monoisotopic (exact) mass is 369 g/mol. The third kappa shape index (κ3) is 3.13. The Hall–Kier alpha value is -2.57. The van der Waals surface area contributed by atoms with E-state index in [0.29, 0.717) is 24.7 Å². The Balaban J connectivity index is 1.65. The Kier molecular flexibility index (Phi) is 4.30. The summed E-state index contributed by atoms with van der Waals surface area (Å²) in [5.74, 6) is 1.02. The number of nitrogens with one attached hydrogen (secondary N) is 1. The van der Waals surface area contributed by atoms with E-state index in [1.54, 1.807) is 6.07 Å². The number of hydrogen-bond acceptors (Lipinski definition) is 4. The lowest BCUT2D eigenvalue weighted by molar-refractivity contribution is 0.171. The molecular formula is C20H19NO4S. The Labute approximate surface area is 152 Å². The number of hydrogen-bond donors (Lipinski definition) is 1. The summed E-state index contributed by atoms with van der Waals surface area (Å²) in [5.41, 5.74) is 0.934. The topological polar surface area (TPSA) is 64.6 Å². The molecule has 6 heteroatoms. The summed E-state index contributed by atoms with van der Waals surface area (Å²) in [4.78, 5) is 0.161. The van der Waals surface area contributed by atoms with Gasteiger partial charge in [0, 0.05) is 12.1 Å². The summed E-state index contributed by atoms with van der Waals surface area (Å²) in [6.45, 7) is 2.73. The van der Waals surface area contributed by atoms with Crippen LogP contribution in [0, 0.1) is 0 Å². The Morgan fingerprint density at radius 3 is 2.50 bits per heavy atom. The molecule has 0 saturated heterocycles. The fraction of sp³-hybridized carbons (Fsp3) is 0.200. The maximum absolute atomic E-state index is 12.8. The van der Waals surface area contributed by atoms with Crippen molar-refractivity contribution >= 4 is 20.8 Å². The van der Waals surface area contributed by atoms with Crippen LogP contribution in [0.5, 0.6) is 11.5 Å². The van der Waals surface area contributed by atoms with Crippen LogP contribution in [0.25, 0.3) is 10.8 Å². The largest absolute Gasteiger partial charge is 0.486 e. The first-order valence-electron chi connectivity index (χ1n) is 8.44. The molecule has 0 aromatic heterocycles. The van der Waals surface area contributed by atoms with Crippen molar-refractivity contribution < 1.29 is 17.9 Å². The first kappa shape index (κ1) is 16.9. The maximum atomic E-state index is 12.8. The average molecular weight is 369 g/mol. The molecule has 26 heavy (non-hydrogen) atoms. The van der Waals surface area contributed by atoms with Crippen LogP contribution in [0.15, 0.2) is 65.6 Å². The second-order valence-electron chi connectivity index (χ2n) is 6.22. The van der Waals surface area contributed by atoms with E-state index in [-0.39, 0.29) is 10.9 Å². The van der Waals surface area contributed by atoms with Crippen LogP contribution in [-0.2, 0) is 10.0 Å². The lowest BCUT2D eigenvalue weighted by Gasteiger charge is -2.20. The molecule has 0 amide bonds. The molecule has 0 spiro atoms. The molecule has 3 aromatic rings. The van der Waals surface area contributed by atoms with Gasteiger partial charge in [-0.15, -0.1) is 0 Å². The quantitative estimate of drug-likeness (QED) is 0.762. The van der Waals surface area contributed by atoms with Crippen molar-refractivity contribution in [2.45, 2.75) is 17.9 Å². The van der Waals surface area contributed by atoms with Crippen LogP contribution in [0.2, 0.25) is 0 Å². The third-order valence-corrected chi connectivity index (χ3v) is 5.98. The molecule has 0 fully saturated rings. The van der Waals surface area contributed by atoms with Crippen molar-refractivity contribution in [3.63, 3.8) is 0 Å². The highest BCUT2D eigenvalue weighted by molar-refractivity contribution is 7.89. The van der Waals surface area contributed by atoms with Gasteiger partial charge in [0.25, 0.3) is 0 Å². The van der Waals surface area contributed by atoms with E-state index in [4.69, 9.17) is 9.47 Å². The molecule has 1 atom stereocenters. The first-order chi connectivity index (χ1) is 12.5. The van der Waals surface area contributed by atoms with E-state index in [1.807, 2.05) is 49.4 Å². The van der Waals surface area contributed by atoms with Gasteiger partial charge in [-0.2, -0.15) is 0 Å². The summed E-state index contributed by atoms with van der Waals surface area (Å²) in [5, 5.41) is 2.11. The van der Waals surface area contributed by atoms with Crippen LogP contribution in [-0.4, -0.2) is 21.6 Å². The van der Waals surface area contributed by atoms with Gasteiger partial charge in [-0.25, -0.2) is 13.1 Å². The van der Waals surface area contributed by atoms with Gasteiger partial charge in [-0.3, -0.25) is 0 Å². The van der Waals surface area contributed by atoms with Crippen molar-refractivity contribution in [2.24, 2.45) is 0 Å². The van der Waals surface area contributed by atoms with Gasteiger partial charge >= 0.3 is 0 Å². The van der Waals surface area contributed by atoms with Crippen LogP contribution in [0.1, 0.15) is 18.5 Å². The third-order valence-electron chi connectivity index (χ3n) is 4.45. The molecule has 5 nitrogen and oxygen atoms in total. The van der Waals surface area contributed by atoms with E-state index in [0.717, 1.165) is 16.3 Å². The molecule has 134 valence electrons. The Bertz CT molecular complexity index is 1060. The molecule has 0 aliphatic carbocycles. The highest BCUT2D eigenvalue weighted by Crippen LogP contribution is 2.33. The fourth-order valence-corrected chi connectivity index (χ4v) is 4.42. The molecule has 0 saturated carbocycles. The minimum atomic E-state index is -3.70. The molecule has 1 heterocycles. The van der Waals surface area contributed by atoms with Crippen LogP contribution in [0.3, 0.4) is 0 Å². The first-order valence-corrected chi connectivity index (χ1v) is 9.92. The van der Waals surface area contributed by atoms with Crippen molar-refractivity contribution in [3.05, 3.63) is 66.2 Å². The van der Waals surface area contributed by atoms with Gasteiger partial charge in [0.05, 0.1) is 4.90 Å².